The van der Waals surface area contributed by atoms with Crippen LogP contribution in [0.2, 0.25) is 0 Å². The Kier molecular flexibility index (Phi) is 5.85. The first-order chi connectivity index (χ1) is 9.30. The van der Waals surface area contributed by atoms with Gasteiger partial charge in [0.15, 0.2) is 0 Å². The van der Waals surface area contributed by atoms with E-state index in [4.69, 9.17) is 5.73 Å². The van der Waals surface area contributed by atoms with Gasteiger partial charge in [0.05, 0.1) is 18.0 Å². The van der Waals surface area contributed by atoms with Gasteiger partial charge in [-0.15, -0.1) is 0 Å². The number of hydrogen-bond donors (Lipinski definition) is 3. The van der Waals surface area contributed by atoms with E-state index in [0.717, 1.165) is 0 Å². The molecule has 20 heavy (non-hydrogen) atoms. The summed E-state index contributed by atoms with van der Waals surface area (Å²) in [6.45, 7) is 0.870. The lowest BCUT2D eigenvalue weighted by molar-refractivity contribution is 0.0254. The topological polar surface area (TPSA) is 84.2 Å². The van der Waals surface area contributed by atoms with Gasteiger partial charge in [-0.2, -0.15) is 0 Å². The molecule has 0 aliphatic carbocycles. The number of alkyl halides is 2. The molecule has 0 atom stereocenters. The summed E-state index contributed by atoms with van der Waals surface area (Å²) in [7, 11) is -3.53. The van der Waals surface area contributed by atoms with Gasteiger partial charge in [-0.3, -0.25) is 0 Å². The Morgan fingerprint density at radius 2 is 1.85 bits per heavy atom. The highest BCUT2D eigenvalue weighted by molar-refractivity contribution is 7.89. The second-order valence-electron chi connectivity index (χ2n) is 4.34. The summed E-state index contributed by atoms with van der Waals surface area (Å²) in [5.74, 6) is -2.99. The van der Waals surface area contributed by atoms with Gasteiger partial charge in [-0.1, -0.05) is 6.92 Å². The first kappa shape index (κ1) is 16.8. The van der Waals surface area contributed by atoms with E-state index in [1.54, 1.807) is 0 Å². The van der Waals surface area contributed by atoms with Crippen molar-refractivity contribution < 1.29 is 17.2 Å². The van der Waals surface area contributed by atoms with Crippen LogP contribution in [0.1, 0.15) is 13.3 Å². The van der Waals surface area contributed by atoms with Gasteiger partial charge in [0.25, 0.3) is 5.92 Å². The SMILES string of the molecule is CCCNS(=O)(=O)c1ccc(NCC(F)(F)CN)cc1. The fraction of sp³-hybridized carbons (Fsp3) is 0.500. The highest BCUT2D eigenvalue weighted by Gasteiger charge is 2.26. The molecule has 0 aliphatic rings. The third kappa shape index (κ3) is 5.03. The monoisotopic (exact) mass is 307 g/mol. The Balaban J connectivity index is 2.69. The molecule has 0 saturated heterocycles. The average molecular weight is 307 g/mol. The molecule has 1 aromatic carbocycles. The molecule has 0 heterocycles. The third-order valence-electron chi connectivity index (χ3n) is 2.56. The molecule has 1 aromatic rings. The molecule has 0 radical (unpaired) electrons. The van der Waals surface area contributed by atoms with Gasteiger partial charge in [0.1, 0.15) is 0 Å². The van der Waals surface area contributed by atoms with Gasteiger partial charge >= 0.3 is 0 Å². The summed E-state index contributed by atoms with van der Waals surface area (Å²) in [6.07, 6.45) is 0.688. The molecule has 8 heteroatoms. The highest BCUT2D eigenvalue weighted by atomic mass is 32.2. The molecule has 5 nitrogen and oxygen atoms in total. The summed E-state index contributed by atoms with van der Waals surface area (Å²) in [5, 5.41) is 2.51. The summed E-state index contributed by atoms with van der Waals surface area (Å²) < 4.78 is 51.9. The van der Waals surface area contributed by atoms with E-state index in [-0.39, 0.29) is 4.90 Å². The Bertz CT molecular complexity index is 518. The molecule has 0 saturated carbocycles. The van der Waals surface area contributed by atoms with Crippen LogP contribution in [0.5, 0.6) is 0 Å². The number of anilines is 1. The van der Waals surface area contributed by atoms with Crippen molar-refractivity contribution in [3.8, 4) is 0 Å². The number of halogens is 2. The zero-order valence-electron chi connectivity index (χ0n) is 11.2. The molecular formula is C12H19F2N3O2S. The van der Waals surface area contributed by atoms with Crippen LogP contribution in [-0.2, 0) is 10.0 Å². The standard InChI is InChI=1S/C12H19F2N3O2S/c1-2-7-17-20(18,19)11-5-3-10(4-6-11)16-9-12(13,14)8-15/h3-6,16-17H,2,7-9,15H2,1H3. The van der Waals surface area contributed by atoms with Crippen LogP contribution in [0.3, 0.4) is 0 Å². The maximum Gasteiger partial charge on any atom is 0.276 e. The molecule has 4 N–H and O–H groups in total. The molecule has 114 valence electrons. The van der Waals surface area contributed by atoms with Crippen molar-refractivity contribution in [3.63, 3.8) is 0 Å². The molecule has 0 unspecified atom stereocenters. The number of benzene rings is 1. The van der Waals surface area contributed by atoms with E-state index >= 15 is 0 Å². The lowest BCUT2D eigenvalue weighted by atomic mass is 10.3. The number of hydrogen-bond acceptors (Lipinski definition) is 4. The molecular weight excluding hydrogens is 288 g/mol. The van der Waals surface area contributed by atoms with Crippen LogP contribution in [0.15, 0.2) is 29.2 Å². The average Bonchev–Trinajstić information content (AvgIpc) is 2.43. The lowest BCUT2D eigenvalue weighted by Crippen LogP contribution is -2.35. The highest BCUT2D eigenvalue weighted by Crippen LogP contribution is 2.16. The number of nitrogens with one attached hydrogen (secondary N) is 2. The second-order valence-corrected chi connectivity index (χ2v) is 6.10. The zero-order valence-corrected chi connectivity index (χ0v) is 12.0. The minimum Gasteiger partial charge on any atom is -0.379 e. The van der Waals surface area contributed by atoms with Crippen LogP contribution in [0, 0.1) is 0 Å². The van der Waals surface area contributed by atoms with Gasteiger partial charge in [0, 0.05) is 12.2 Å². The smallest absolute Gasteiger partial charge is 0.276 e. The van der Waals surface area contributed by atoms with E-state index in [1.165, 1.54) is 24.3 Å². The minimum atomic E-state index is -3.53. The largest absolute Gasteiger partial charge is 0.379 e. The molecule has 0 bridgehead atoms. The van der Waals surface area contributed by atoms with Crippen molar-refractivity contribution in [3.05, 3.63) is 24.3 Å². The normalized spacial score (nSPS) is 12.4. The zero-order chi connectivity index (χ0) is 15.2. The molecule has 0 fully saturated rings. The molecule has 0 aromatic heterocycles. The Hall–Kier alpha value is -1.25. The Morgan fingerprint density at radius 3 is 2.35 bits per heavy atom. The van der Waals surface area contributed by atoms with Gasteiger partial charge in [-0.05, 0) is 30.7 Å². The quantitative estimate of drug-likeness (QED) is 0.677. The minimum absolute atomic E-state index is 0.0992. The Morgan fingerprint density at radius 1 is 1.25 bits per heavy atom. The van der Waals surface area contributed by atoms with Crippen molar-refractivity contribution in [1.82, 2.24) is 4.72 Å². The second kappa shape index (κ2) is 6.96. The van der Waals surface area contributed by atoms with E-state index in [9.17, 15) is 17.2 Å². The lowest BCUT2D eigenvalue weighted by Gasteiger charge is -2.15. The van der Waals surface area contributed by atoms with E-state index < -0.39 is 29.0 Å². The fourth-order valence-electron chi connectivity index (χ4n) is 1.38. The van der Waals surface area contributed by atoms with Gasteiger partial charge < -0.3 is 11.1 Å². The molecule has 1 rings (SSSR count). The number of nitrogens with two attached hydrogens (primary N) is 1. The van der Waals surface area contributed by atoms with Gasteiger partial charge in [-0.25, -0.2) is 21.9 Å². The fourth-order valence-corrected chi connectivity index (χ4v) is 2.51. The predicted molar refractivity (Wildman–Crippen MR) is 74.4 cm³/mol. The maximum atomic E-state index is 13.0. The van der Waals surface area contributed by atoms with Crippen molar-refractivity contribution in [2.24, 2.45) is 5.73 Å². The summed E-state index contributed by atoms with van der Waals surface area (Å²) >= 11 is 0. The van der Waals surface area contributed by atoms with Crippen LogP contribution < -0.4 is 15.8 Å². The van der Waals surface area contributed by atoms with E-state index in [0.29, 0.717) is 18.7 Å². The van der Waals surface area contributed by atoms with Crippen molar-refractivity contribution in [1.29, 1.82) is 0 Å². The molecule has 0 amide bonds. The first-order valence-electron chi connectivity index (χ1n) is 6.22. The van der Waals surface area contributed by atoms with Crippen molar-refractivity contribution >= 4 is 15.7 Å². The van der Waals surface area contributed by atoms with Crippen LogP contribution in [-0.4, -0.2) is 34.0 Å². The molecule has 0 spiro atoms. The summed E-state index contributed by atoms with van der Waals surface area (Å²) in [5.41, 5.74) is 5.33. The first-order valence-corrected chi connectivity index (χ1v) is 7.70. The van der Waals surface area contributed by atoms with Crippen LogP contribution in [0.4, 0.5) is 14.5 Å². The third-order valence-corrected chi connectivity index (χ3v) is 4.03. The Labute approximate surface area is 117 Å². The van der Waals surface area contributed by atoms with E-state index in [1.807, 2.05) is 6.92 Å². The van der Waals surface area contributed by atoms with Crippen LogP contribution >= 0.6 is 0 Å². The number of sulfonamides is 1. The van der Waals surface area contributed by atoms with Gasteiger partial charge in [0.2, 0.25) is 10.0 Å². The predicted octanol–water partition coefficient (Wildman–Crippen LogP) is 1.38. The number of rotatable bonds is 8. The molecule has 0 aliphatic heterocycles. The maximum absolute atomic E-state index is 13.0. The van der Waals surface area contributed by atoms with Crippen LogP contribution in [0.25, 0.3) is 0 Å². The summed E-state index contributed by atoms with van der Waals surface area (Å²) in [6, 6.07) is 5.60. The van der Waals surface area contributed by atoms with Crippen molar-refractivity contribution in [2.75, 3.05) is 25.0 Å². The van der Waals surface area contributed by atoms with E-state index in [2.05, 4.69) is 10.0 Å². The summed E-state index contributed by atoms with van der Waals surface area (Å²) in [4.78, 5) is 0.0992. The van der Waals surface area contributed by atoms with Crippen molar-refractivity contribution in [2.45, 2.75) is 24.2 Å².